The Morgan fingerprint density at radius 2 is 1.70 bits per heavy atom. The van der Waals surface area contributed by atoms with E-state index in [0.717, 1.165) is 11.4 Å². The number of carbonyl (C=O) groups excluding carboxylic acids is 1. The van der Waals surface area contributed by atoms with Crippen LogP contribution in [-0.2, 0) is 5.41 Å². The molecule has 2 rings (SSSR count). The number of rotatable bonds is 2. The molecule has 0 aliphatic rings. The second kappa shape index (κ2) is 5.16. The van der Waals surface area contributed by atoms with Gasteiger partial charge in [-0.15, -0.1) is 0 Å². The molecule has 0 fully saturated rings. The quantitative estimate of drug-likeness (QED) is 0.877. The SMILES string of the molecule is Cc1cc(C(=O)Nc2ccc(C(C)(C)C)cc2)c(C)o1. The Bertz CT molecular complexity index is 615. The van der Waals surface area contributed by atoms with Gasteiger partial charge in [-0.25, -0.2) is 0 Å². The maximum absolute atomic E-state index is 12.2. The standard InChI is InChI=1S/C17H21NO2/c1-11-10-15(12(2)20-11)16(19)18-14-8-6-13(7-9-14)17(3,4)5/h6-10H,1-5H3,(H,18,19). The van der Waals surface area contributed by atoms with Crippen molar-refractivity contribution >= 4 is 11.6 Å². The molecule has 0 saturated carbocycles. The van der Waals surface area contributed by atoms with Gasteiger partial charge in [-0.3, -0.25) is 4.79 Å². The third-order valence-electron chi connectivity index (χ3n) is 3.29. The molecule has 1 aromatic carbocycles. The third-order valence-corrected chi connectivity index (χ3v) is 3.29. The third kappa shape index (κ3) is 3.10. The van der Waals surface area contributed by atoms with Crippen LogP contribution in [0.5, 0.6) is 0 Å². The molecule has 3 heteroatoms. The van der Waals surface area contributed by atoms with Crippen molar-refractivity contribution < 1.29 is 9.21 Å². The van der Waals surface area contributed by atoms with Gasteiger partial charge in [-0.1, -0.05) is 32.9 Å². The van der Waals surface area contributed by atoms with Gasteiger partial charge in [-0.2, -0.15) is 0 Å². The lowest BCUT2D eigenvalue weighted by Crippen LogP contribution is -2.13. The number of amides is 1. The van der Waals surface area contributed by atoms with E-state index >= 15 is 0 Å². The summed E-state index contributed by atoms with van der Waals surface area (Å²) in [6.45, 7) is 10.1. The number of nitrogens with one attached hydrogen (secondary N) is 1. The number of anilines is 1. The fraction of sp³-hybridized carbons (Fsp3) is 0.353. The molecule has 106 valence electrons. The van der Waals surface area contributed by atoms with Gasteiger partial charge in [0.25, 0.3) is 5.91 Å². The van der Waals surface area contributed by atoms with Crippen LogP contribution in [-0.4, -0.2) is 5.91 Å². The van der Waals surface area contributed by atoms with Crippen molar-refractivity contribution in [2.75, 3.05) is 5.32 Å². The summed E-state index contributed by atoms with van der Waals surface area (Å²) in [5.41, 5.74) is 2.73. The Labute approximate surface area is 120 Å². The largest absolute Gasteiger partial charge is 0.466 e. The van der Waals surface area contributed by atoms with Gasteiger partial charge in [0.2, 0.25) is 0 Å². The van der Waals surface area contributed by atoms with Crippen molar-refractivity contribution in [3.63, 3.8) is 0 Å². The summed E-state index contributed by atoms with van der Waals surface area (Å²) in [4.78, 5) is 12.2. The minimum atomic E-state index is -0.136. The van der Waals surface area contributed by atoms with E-state index in [9.17, 15) is 4.79 Å². The number of hydrogen-bond acceptors (Lipinski definition) is 2. The maximum Gasteiger partial charge on any atom is 0.259 e. The minimum absolute atomic E-state index is 0.112. The van der Waals surface area contributed by atoms with Gasteiger partial charge in [0.1, 0.15) is 11.5 Å². The van der Waals surface area contributed by atoms with Crippen molar-refractivity contribution in [3.05, 3.63) is 53.0 Å². The molecule has 0 bridgehead atoms. The van der Waals surface area contributed by atoms with Crippen LogP contribution < -0.4 is 5.32 Å². The molecule has 1 N–H and O–H groups in total. The van der Waals surface area contributed by atoms with Gasteiger partial charge in [0.05, 0.1) is 5.56 Å². The summed E-state index contributed by atoms with van der Waals surface area (Å²) < 4.78 is 5.38. The van der Waals surface area contributed by atoms with Crippen LogP contribution in [0.3, 0.4) is 0 Å². The highest BCUT2D eigenvalue weighted by molar-refractivity contribution is 6.05. The number of furan rings is 1. The molecule has 1 aromatic heterocycles. The summed E-state index contributed by atoms with van der Waals surface area (Å²) in [5, 5.41) is 2.89. The van der Waals surface area contributed by atoms with Crippen molar-refractivity contribution in [1.29, 1.82) is 0 Å². The van der Waals surface area contributed by atoms with Gasteiger partial charge < -0.3 is 9.73 Å². The van der Waals surface area contributed by atoms with Crippen molar-refractivity contribution in [1.82, 2.24) is 0 Å². The van der Waals surface area contributed by atoms with E-state index in [2.05, 4.69) is 26.1 Å². The smallest absolute Gasteiger partial charge is 0.259 e. The molecule has 0 saturated heterocycles. The van der Waals surface area contributed by atoms with Crippen LogP contribution >= 0.6 is 0 Å². The average molecular weight is 271 g/mol. The van der Waals surface area contributed by atoms with E-state index in [1.54, 1.807) is 13.0 Å². The molecule has 0 radical (unpaired) electrons. The highest BCUT2D eigenvalue weighted by atomic mass is 16.3. The first kappa shape index (κ1) is 14.4. The molecule has 0 aliphatic heterocycles. The number of carbonyl (C=O) groups is 1. The van der Waals surface area contributed by atoms with E-state index in [0.29, 0.717) is 11.3 Å². The monoisotopic (exact) mass is 271 g/mol. The lowest BCUT2D eigenvalue weighted by atomic mass is 9.87. The molecular formula is C17H21NO2. The zero-order valence-electron chi connectivity index (χ0n) is 12.7. The van der Waals surface area contributed by atoms with Crippen LogP contribution in [0.4, 0.5) is 5.69 Å². The second-order valence-electron chi connectivity index (χ2n) is 6.11. The normalized spacial score (nSPS) is 11.4. The fourth-order valence-corrected chi connectivity index (χ4v) is 2.11. The zero-order chi connectivity index (χ0) is 14.9. The fourth-order valence-electron chi connectivity index (χ4n) is 2.11. The maximum atomic E-state index is 12.2. The topological polar surface area (TPSA) is 42.2 Å². The molecule has 0 aliphatic carbocycles. The molecule has 1 amide bonds. The molecule has 3 nitrogen and oxygen atoms in total. The molecule has 0 unspecified atom stereocenters. The Morgan fingerprint density at radius 3 is 2.15 bits per heavy atom. The predicted molar refractivity (Wildman–Crippen MR) is 81.3 cm³/mol. The van der Waals surface area contributed by atoms with E-state index < -0.39 is 0 Å². The summed E-state index contributed by atoms with van der Waals surface area (Å²) in [6, 6.07) is 9.71. The minimum Gasteiger partial charge on any atom is -0.466 e. The van der Waals surface area contributed by atoms with Crippen molar-refractivity contribution in [2.45, 2.75) is 40.0 Å². The number of aryl methyl sites for hydroxylation is 2. The summed E-state index contributed by atoms with van der Waals surface area (Å²) in [6.07, 6.45) is 0. The van der Waals surface area contributed by atoms with Crippen LogP contribution in [0.15, 0.2) is 34.7 Å². The predicted octanol–water partition coefficient (Wildman–Crippen LogP) is 4.45. The molecule has 0 spiro atoms. The Kier molecular flexibility index (Phi) is 3.71. The summed E-state index contributed by atoms with van der Waals surface area (Å²) in [7, 11) is 0. The Morgan fingerprint density at radius 1 is 1.10 bits per heavy atom. The van der Waals surface area contributed by atoms with Gasteiger partial charge >= 0.3 is 0 Å². The van der Waals surface area contributed by atoms with E-state index in [4.69, 9.17) is 4.42 Å². The van der Waals surface area contributed by atoms with E-state index in [-0.39, 0.29) is 11.3 Å². The molecule has 1 heterocycles. The van der Waals surface area contributed by atoms with Gasteiger partial charge in [0, 0.05) is 5.69 Å². The first-order valence-corrected chi connectivity index (χ1v) is 6.76. The Balaban J connectivity index is 2.14. The molecule has 20 heavy (non-hydrogen) atoms. The van der Waals surface area contributed by atoms with Gasteiger partial charge in [-0.05, 0) is 43.0 Å². The number of benzene rings is 1. The second-order valence-corrected chi connectivity index (χ2v) is 6.11. The lowest BCUT2D eigenvalue weighted by Gasteiger charge is -2.19. The zero-order valence-corrected chi connectivity index (χ0v) is 12.7. The summed E-state index contributed by atoms with van der Waals surface area (Å²) in [5.74, 6) is 1.25. The van der Waals surface area contributed by atoms with Gasteiger partial charge in [0.15, 0.2) is 0 Å². The Hall–Kier alpha value is -2.03. The molecular weight excluding hydrogens is 250 g/mol. The average Bonchev–Trinajstić information content (AvgIpc) is 2.68. The highest BCUT2D eigenvalue weighted by Gasteiger charge is 2.15. The lowest BCUT2D eigenvalue weighted by molar-refractivity contribution is 0.102. The summed E-state index contributed by atoms with van der Waals surface area (Å²) >= 11 is 0. The van der Waals surface area contributed by atoms with E-state index in [1.165, 1.54) is 5.56 Å². The van der Waals surface area contributed by atoms with E-state index in [1.807, 2.05) is 31.2 Å². The van der Waals surface area contributed by atoms with Crippen molar-refractivity contribution in [3.8, 4) is 0 Å². The first-order chi connectivity index (χ1) is 9.27. The van der Waals surface area contributed by atoms with Crippen LogP contribution in [0.25, 0.3) is 0 Å². The highest BCUT2D eigenvalue weighted by Crippen LogP contribution is 2.24. The first-order valence-electron chi connectivity index (χ1n) is 6.76. The van der Waals surface area contributed by atoms with Crippen LogP contribution in [0.1, 0.15) is 48.2 Å². The molecule has 0 atom stereocenters. The van der Waals surface area contributed by atoms with Crippen LogP contribution in [0, 0.1) is 13.8 Å². The molecule has 2 aromatic rings. The van der Waals surface area contributed by atoms with Crippen LogP contribution in [0.2, 0.25) is 0 Å². The number of hydrogen-bond donors (Lipinski definition) is 1. The van der Waals surface area contributed by atoms with Crippen molar-refractivity contribution in [2.24, 2.45) is 0 Å².